The highest BCUT2D eigenvalue weighted by Gasteiger charge is 2.30. The first-order chi connectivity index (χ1) is 9.31. The Hall–Kier alpha value is -1.08. The predicted molar refractivity (Wildman–Crippen MR) is 73.1 cm³/mol. The minimum absolute atomic E-state index is 0.0243. The molecule has 0 aliphatic carbocycles. The fraction of sp³-hybridized carbons (Fsp3) is 0.538. The summed E-state index contributed by atoms with van der Waals surface area (Å²) >= 11 is 0. The molecule has 0 bridgehead atoms. The SMILES string of the molecule is CCS(=O)CCNC(C)c1ccc(OC(F)(F)F)cc1. The Morgan fingerprint density at radius 3 is 2.40 bits per heavy atom. The van der Waals surface area contributed by atoms with Gasteiger partial charge in [-0.15, -0.1) is 13.2 Å². The Bertz CT molecular complexity index is 434. The van der Waals surface area contributed by atoms with Gasteiger partial charge in [-0.25, -0.2) is 0 Å². The van der Waals surface area contributed by atoms with Gasteiger partial charge in [0.2, 0.25) is 0 Å². The highest BCUT2D eigenvalue weighted by Crippen LogP contribution is 2.24. The number of halogens is 3. The van der Waals surface area contributed by atoms with E-state index in [-0.39, 0.29) is 11.8 Å². The molecule has 1 aromatic rings. The van der Waals surface area contributed by atoms with Crippen LogP contribution in [0.15, 0.2) is 24.3 Å². The molecule has 0 amide bonds. The fourth-order valence-corrected chi connectivity index (χ4v) is 2.24. The summed E-state index contributed by atoms with van der Waals surface area (Å²) in [6.07, 6.45) is -4.67. The van der Waals surface area contributed by atoms with Crippen molar-refractivity contribution in [3.63, 3.8) is 0 Å². The minimum atomic E-state index is -4.67. The quantitative estimate of drug-likeness (QED) is 0.841. The Balaban J connectivity index is 2.49. The number of benzene rings is 1. The molecule has 0 heterocycles. The summed E-state index contributed by atoms with van der Waals surface area (Å²) in [5.74, 6) is 0.955. The number of rotatable bonds is 7. The molecule has 0 radical (unpaired) electrons. The van der Waals surface area contributed by atoms with Crippen molar-refractivity contribution in [1.29, 1.82) is 0 Å². The van der Waals surface area contributed by atoms with Crippen LogP contribution in [0.2, 0.25) is 0 Å². The third-order valence-electron chi connectivity index (χ3n) is 2.72. The summed E-state index contributed by atoms with van der Waals surface area (Å²) in [5.41, 5.74) is 0.849. The molecular formula is C13H18F3NO2S. The van der Waals surface area contributed by atoms with E-state index in [1.807, 2.05) is 13.8 Å². The summed E-state index contributed by atoms with van der Waals surface area (Å²) in [5, 5.41) is 3.18. The summed E-state index contributed by atoms with van der Waals surface area (Å²) in [4.78, 5) is 0. The normalized spacial score (nSPS) is 14.8. The van der Waals surface area contributed by atoms with Crippen molar-refractivity contribution in [1.82, 2.24) is 5.32 Å². The van der Waals surface area contributed by atoms with Crippen LogP contribution in [0.1, 0.15) is 25.5 Å². The molecule has 3 nitrogen and oxygen atoms in total. The van der Waals surface area contributed by atoms with E-state index in [0.29, 0.717) is 18.1 Å². The minimum Gasteiger partial charge on any atom is -0.406 e. The van der Waals surface area contributed by atoms with Gasteiger partial charge in [0.25, 0.3) is 0 Å². The zero-order valence-corrected chi connectivity index (χ0v) is 12.2. The summed E-state index contributed by atoms with van der Waals surface area (Å²) in [7, 11) is -0.822. The molecule has 0 aliphatic rings. The molecule has 20 heavy (non-hydrogen) atoms. The third-order valence-corrected chi connectivity index (χ3v) is 4.02. The van der Waals surface area contributed by atoms with Crippen molar-refractivity contribution < 1.29 is 22.1 Å². The monoisotopic (exact) mass is 309 g/mol. The van der Waals surface area contributed by atoms with Crippen molar-refractivity contribution in [3.05, 3.63) is 29.8 Å². The first-order valence-electron chi connectivity index (χ1n) is 6.26. The Morgan fingerprint density at radius 2 is 1.90 bits per heavy atom. The van der Waals surface area contributed by atoms with Gasteiger partial charge in [0.15, 0.2) is 0 Å². The zero-order valence-electron chi connectivity index (χ0n) is 11.4. The van der Waals surface area contributed by atoms with E-state index in [9.17, 15) is 17.4 Å². The molecule has 2 atom stereocenters. The van der Waals surface area contributed by atoms with Gasteiger partial charge in [-0.2, -0.15) is 0 Å². The molecule has 2 unspecified atom stereocenters. The molecule has 0 aromatic heterocycles. The zero-order chi connectivity index (χ0) is 15.2. The second-order valence-corrected chi connectivity index (χ2v) is 6.09. The molecule has 0 fully saturated rings. The smallest absolute Gasteiger partial charge is 0.406 e. The fourth-order valence-electron chi connectivity index (χ4n) is 1.61. The summed E-state index contributed by atoms with van der Waals surface area (Å²) < 4.78 is 51.1. The number of alkyl halides is 3. The van der Waals surface area contributed by atoms with Gasteiger partial charge in [-0.1, -0.05) is 19.1 Å². The van der Waals surface area contributed by atoms with Gasteiger partial charge in [0.05, 0.1) is 0 Å². The molecule has 0 saturated carbocycles. The van der Waals surface area contributed by atoms with Gasteiger partial charge >= 0.3 is 6.36 Å². The van der Waals surface area contributed by atoms with Gasteiger partial charge < -0.3 is 10.1 Å². The molecule has 7 heteroatoms. The van der Waals surface area contributed by atoms with Crippen LogP contribution in [0.5, 0.6) is 5.75 Å². The Kier molecular flexibility index (Phi) is 6.48. The predicted octanol–water partition coefficient (Wildman–Crippen LogP) is 3.00. The number of nitrogens with one attached hydrogen (secondary N) is 1. The van der Waals surface area contributed by atoms with Crippen molar-refractivity contribution in [2.24, 2.45) is 0 Å². The number of hydrogen-bond donors (Lipinski definition) is 1. The van der Waals surface area contributed by atoms with E-state index in [1.165, 1.54) is 12.1 Å². The van der Waals surface area contributed by atoms with E-state index in [0.717, 1.165) is 5.56 Å². The largest absolute Gasteiger partial charge is 0.573 e. The molecule has 0 aliphatic heterocycles. The second kappa shape index (κ2) is 7.64. The number of ether oxygens (including phenoxy) is 1. The van der Waals surface area contributed by atoms with Crippen LogP contribution in [0.3, 0.4) is 0 Å². The molecule has 0 spiro atoms. The van der Waals surface area contributed by atoms with Crippen LogP contribution >= 0.6 is 0 Å². The van der Waals surface area contributed by atoms with Crippen LogP contribution in [0, 0.1) is 0 Å². The van der Waals surface area contributed by atoms with E-state index in [1.54, 1.807) is 12.1 Å². The third kappa shape index (κ3) is 6.38. The van der Waals surface area contributed by atoms with Crippen molar-refractivity contribution >= 4 is 10.8 Å². The number of hydrogen-bond acceptors (Lipinski definition) is 3. The van der Waals surface area contributed by atoms with Gasteiger partial charge in [0.1, 0.15) is 5.75 Å². The van der Waals surface area contributed by atoms with Crippen LogP contribution in [-0.2, 0) is 10.8 Å². The lowest BCUT2D eigenvalue weighted by molar-refractivity contribution is -0.274. The topological polar surface area (TPSA) is 38.3 Å². The van der Waals surface area contributed by atoms with E-state index in [4.69, 9.17) is 0 Å². The van der Waals surface area contributed by atoms with Gasteiger partial charge in [0, 0.05) is 34.9 Å². The maximum atomic E-state index is 12.0. The van der Waals surface area contributed by atoms with E-state index >= 15 is 0 Å². The highest BCUT2D eigenvalue weighted by molar-refractivity contribution is 7.84. The molecule has 0 saturated heterocycles. The van der Waals surface area contributed by atoms with Crippen LogP contribution in [0.4, 0.5) is 13.2 Å². The average Bonchev–Trinajstić information content (AvgIpc) is 2.37. The van der Waals surface area contributed by atoms with Crippen molar-refractivity contribution in [2.75, 3.05) is 18.1 Å². The van der Waals surface area contributed by atoms with Crippen molar-refractivity contribution in [3.8, 4) is 5.75 Å². The lowest BCUT2D eigenvalue weighted by Crippen LogP contribution is -2.24. The molecule has 1 N–H and O–H groups in total. The first-order valence-corrected chi connectivity index (χ1v) is 7.74. The van der Waals surface area contributed by atoms with E-state index in [2.05, 4.69) is 10.1 Å². The lowest BCUT2D eigenvalue weighted by atomic mass is 10.1. The summed E-state index contributed by atoms with van der Waals surface area (Å²) in [6, 6.07) is 5.70. The molecular weight excluding hydrogens is 291 g/mol. The second-order valence-electron chi connectivity index (χ2n) is 4.23. The molecule has 1 rings (SSSR count). The van der Waals surface area contributed by atoms with Crippen molar-refractivity contribution in [2.45, 2.75) is 26.3 Å². The van der Waals surface area contributed by atoms with Gasteiger partial charge in [-0.05, 0) is 24.6 Å². The average molecular weight is 309 g/mol. The standard InChI is InChI=1S/C13H18F3NO2S/c1-3-20(18)9-8-17-10(2)11-4-6-12(7-5-11)19-13(14,15)16/h4-7,10,17H,3,8-9H2,1-2H3. The molecule has 1 aromatic carbocycles. The maximum absolute atomic E-state index is 12.0. The Labute approximate surface area is 119 Å². The highest BCUT2D eigenvalue weighted by atomic mass is 32.2. The maximum Gasteiger partial charge on any atom is 0.573 e. The Morgan fingerprint density at radius 1 is 1.30 bits per heavy atom. The van der Waals surface area contributed by atoms with Crippen LogP contribution < -0.4 is 10.1 Å². The van der Waals surface area contributed by atoms with Crippen LogP contribution in [0.25, 0.3) is 0 Å². The summed E-state index contributed by atoms with van der Waals surface area (Å²) in [6.45, 7) is 4.36. The van der Waals surface area contributed by atoms with Crippen LogP contribution in [-0.4, -0.2) is 28.6 Å². The van der Waals surface area contributed by atoms with Gasteiger partial charge in [-0.3, -0.25) is 4.21 Å². The van der Waals surface area contributed by atoms with E-state index < -0.39 is 17.2 Å². The lowest BCUT2D eigenvalue weighted by Gasteiger charge is -2.15. The first kappa shape index (κ1) is 17.0. The molecule has 114 valence electrons.